The number of halogens is 1. The van der Waals surface area contributed by atoms with E-state index in [0.717, 1.165) is 11.3 Å². The highest BCUT2D eigenvalue weighted by Gasteiger charge is 2.20. The maximum Gasteiger partial charge on any atom is 0.321 e. The summed E-state index contributed by atoms with van der Waals surface area (Å²) in [5, 5.41) is 6.19. The first kappa shape index (κ1) is 16.1. The fraction of sp³-hybridized carbons (Fsp3) is 0.111. The van der Waals surface area contributed by atoms with E-state index in [-0.39, 0.29) is 11.9 Å². The van der Waals surface area contributed by atoms with Crippen LogP contribution in [-0.2, 0) is 4.79 Å². The normalized spacial score (nSPS) is 14.0. The molecule has 122 valence electrons. The van der Waals surface area contributed by atoms with Crippen molar-refractivity contribution in [3.63, 3.8) is 0 Å². The molecular weight excluding hydrogens is 326 g/mol. The maximum absolute atomic E-state index is 11.9. The summed E-state index contributed by atoms with van der Waals surface area (Å²) < 4.78 is 0. The number of hydrogen-bond acceptors (Lipinski definition) is 2. The van der Waals surface area contributed by atoms with Crippen LogP contribution in [0.1, 0.15) is 5.56 Å². The van der Waals surface area contributed by atoms with Gasteiger partial charge in [0.05, 0.1) is 0 Å². The molecule has 1 heterocycles. The number of carbonyl (C=O) groups excluding carboxylic acids is 2. The molecule has 6 heteroatoms. The first-order chi connectivity index (χ1) is 11.6. The Bertz CT molecular complexity index is 770. The van der Waals surface area contributed by atoms with Crippen LogP contribution < -0.4 is 15.5 Å². The van der Waals surface area contributed by atoms with Crippen molar-refractivity contribution in [2.24, 2.45) is 0 Å². The summed E-state index contributed by atoms with van der Waals surface area (Å²) in [6, 6.07) is 14.3. The molecule has 0 aromatic heterocycles. The third kappa shape index (κ3) is 3.94. The molecule has 5 nitrogen and oxygen atoms in total. The summed E-state index contributed by atoms with van der Waals surface area (Å²) in [5.41, 5.74) is 2.37. The van der Waals surface area contributed by atoms with Gasteiger partial charge in [0, 0.05) is 35.6 Å². The van der Waals surface area contributed by atoms with Gasteiger partial charge in [0.1, 0.15) is 0 Å². The lowest BCUT2D eigenvalue weighted by Gasteiger charge is -2.14. The molecule has 2 aromatic rings. The van der Waals surface area contributed by atoms with Crippen LogP contribution in [0.5, 0.6) is 0 Å². The Morgan fingerprint density at radius 1 is 1.12 bits per heavy atom. The lowest BCUT2D eigenvalue weighted by Crippen LogP contribution is -2.27. The monoisotopic (exact) mass is 341 g/mol. The van der Waals surface area contributed by atoms with Gasteiger partial charge in [-0.3, -0.25) is 9.69 Å². The molecule has 0 spiro atoms. The fourth-order valence-electron chi connectivity index (χ4n) is 2.37. The zero-order chi connectivity index (χ0) is 16.9. The second kappa shape index (κ2) is 7.19. The molecule has 1 aliphatic heterocycles. The van der Waals surface area contributed by atoms with Gasteiger partial charge in [-0.25, -0.2) is 4.79 Å². The third-order valence-corrected chi connectivity index (χ3v) is 3.85. The molecule has 2 aromatic carbocycles. The molecule has 0 saturated carbocycles. The lowest BCUT2D eigenvalue weighted by atomic mass is 10.2. The molecule has 0 aliphatic carbocycles. The number of amides is 3. The minimum absolute atomic E-state index is 0.0994. The Hall–Kier alpha value is -2.79. The smallest absolute Gasteiger partial charge is 0.321 e. The molecule has 1 saturated heterocycles. The average molecular weight is 342 g/mol. The number of benzene rings is 2. The number of nitrogens with zero attached hydrogens (tertiary/aromatic N) is 1. The van der Waals surface area contributed by atoms with E-state index in [2.05, 4.69) is 10.6 Å². The fourth-order valence-corrected chi connectivity index (χ4v) is 2.50. The number of nitrogens with one attached hydrogen (secondary N) is 2. The second-order valence-corrected chi connectivity index (χ2v) is 5.74. The Morgan fingerprint density at radius 3 is 2.46 bits per heavy atom. The Labute approximate surface area is 144 Å². The molecular formula is C18H16ClN3O2. The number of carbonyl (C=O) groups is 2. The van der Waals surface area contributed by atoms with Gasteiger partial charge in [0.2, 0.25) is 5.91 Å². The molecule has 0 atom stereocenters. The van der Waals surface area contributed by atoms with Gasteiger partial charge in [-0.05, 0) is 48.0 Å². The van der Waals surface area contributed by atoms with Crippen LogP contribution in [0.15, 0.2) is 54.6 Å². The van der Waals surface area contributed by atoms with Gasteiger partial charge < -0.3 is 10.6 Å². The molecule has 0 bridgehead atoms. The van der Waals surface area contributed by atoms with E-state index in [1.165, 1.54) is 6.08 Å². The van der Waals surface area contributed by atoms with E-state index in [1.54, 1.807) is 35.2 Å². The number of hydrogen-bond donors (Lipinski definition) is 2. The van der Waals surface area contributed by atoms with E-state index >= 15 is 0 Å². The van der Waals surface area contributed by atoms with Crippen molar-refractivity contribution >= 4 is 41.0 Å². The zero-order valence-corrected chi connectivity index (χ0v) is 13.6. The topological polar surface area (TPSA) is 61.4 Å². The zero-order valence-electron chi connectivity index (χ0n) is 12.8. The summed E-state index contributed by atoms with van der Waals surface area (Å²) in [6.07, 6.45) is 3.18. The van der Waals surface area contributed by atoms with E-state index in [1.807, 2.05) is 24.3 Å². The van der Waals surface area contributed by atoms with E-state index in [4.69, 9.17) is 11.6 Å². The van der Waals surface area contributed by atoms with Crippen molar-refractivity contribution in [1.82, 2.24) is 5.32 Å². The van der Waals surface area contributed by atoms with Crippen molar-refractivity contribution in [2.45, 2.75) is 0 Å². The minimum atomic E-state index is -0.225. The molecule has 3 rings (SSSR count). The highest BCUT2D eigenvalue weighted by molar-refractivity contribution is 6.30. The van der Waals surface area contributed by atoms with Crippen LogP contribution in [0.3, 0.4) is 0 Å². The quantitative estimate of drug-likeness (QED) is 0.836. The Kier molecular flexibility index (Phi) is 4.82. The minimum Gasteiger partial charge on any atom is -0.336 e. The average Bonchev–Trinajstić information content (AvgIpc) is 3.01. The summed E-state index contributed by atoms with van der Waals surface area (Å²) in [4.78, 5) is 25.2. The van der Waals surface area contributed by atoms with Crippen molar-refractivity contribution < 1.29 is 9.59 Å². The Balaban J connectivity index is 1.60. The van der Waals surface area contributed by atoms with Gasteiger partial charge in [-0.1, -0.05) is 23.7 Å². The van der Waals surface area contributed by atoms with Crippen LogP contribution in [0.2, 0.25) is 5.02 Å². The van der Waals surface area contributed by atoms with Crippen LogP contribution in [0, 0.1) is 0 Å². The van der Waals surface area contributed by atoms with Gasteiger partial charge in [0.25, 0.3) is 0 Å². The van der Waals surface area contributed by atoms with Gasteiger partial charge in [-0.15, -0.1) is 0 Å². The number of anilines is 2. The molecule has 1 aliphatic rings. The predicted molar refractivity (Wildman–Crippen MR) is 96.3 cm³/mol. The van der Waals surface area contributed by atoms with E-state index in [0.29, 0.717) is 23.8 Å². The molecule has 3 amide bonds. The van der Waals surface area contributed by atoms with E-state index < -0.39 is 0 Å². The third-order valence-electron chi connectivity index (χ3n) is 3.60. The van der Waals surface area contributed by atoms with Crippen LogP contribution in [-0.4, -0.2) is 25.0 Å². The predicted octanol–water partition coefficient (Wildman–Crippen LogP) is 3.52. The molecule has 2 N–H and O–H groups in total. The van der Waals surface area contributed by atoms with Gasteiger partial charge in [-0.2, -0.15) is 0 Å². The molecule has 24 heavy (non-hydrogen) atoms. The molecule has 0 unspecified atom stereocenters. The van der Waals surface area contributed by atoms with Crippen LogP contribution >= 0.6 is 11.6 Å². The highest BCUT2D eigenvalue weighted by Crippen LogP contribution is 2.19. The summed E-state index contributed by atoms with van der Waals surface area (Å²) in [5.74, 6) is -0.225. The van der Waals surface area contributed by atoms with Gasteiger partial charge >= 0.3 is 6.03 Å². The summed E-state index contributed by atoms with van der Waals surface area (Å²) in [6.45, 7) is 1.29. The van der Waals surface area contributed by atoms with Crippen LogP contribution in [0.4, 0.5) is 16.2 Å². The first-order valence-corrected chi connectivity index (χ1v) is 7.90. The number of urea groups is 1. The highest BCUT2D eigenvalue weighted by atomic mass is 35.5. The summed E-state index contributed by atoms with van der Waals surface area (Å²) in [7, 11) is 0. The standard InChI is InChI=1S/C18H16ClN3O2/c19-14-4-1-13(2-5-14)3-10-17(23)21-15-6-8-16(9-7-15)22-12-11-20-18(22)24/h1-10H,11-12H2,(H,20,24)(H,21,23)/b10-3+. The van der Waals surface area contributed by atoms with Crippen LogP contribution in [0.25, 0.3) is 6.08 Å². The maximum atomic E-state index is 11.9. The summed E-state index contributed by atoms with van der Waals surface area (Å²) >= 11 is 5.82. The van der Waals surface area contributed by atoms with Gasteiger partial charge in [0.15, 0.2) is 0 Å². The Morgan fingerprint density at radius 2 is 1.83 bits per heavy atom. The molecule has 0 radical (unpaired) electrons. The number of rotatable bonds is 4. The molecule has 1 fully saturated rings. The van der Waals surface area contributed by atoms with Crippen molar-refractivity contribution in [3.05, 3.63) is 65.2 Å². The van der Waals surface area contributed by atoms with E-state index in [9.17, 15) is 9.59 Å². The SMILES string of the molecule is O=C(/C=C/c1ccc(Cl)cc1)Nc1ccc(N2CCNC2=O)cc1. The van der Waals surface area contributed by atoms with Crippen molar-refractivity contribution in [1.29, 1.82) is 0 Å². The lowest BCUT2D eigenvalue weighted by molar-refractivity contribution is -0.111. The second-order valence-electron chi connectivity index (χ2n) is 5.30. The largest absolute Gasteiger partial charge is 0.336 e. The van der Waals surface area contributed by atoms with Crippen molar-refractivity contribution in [3.8, 4) is 0 Å². The first-order valence-electron chi connectivity index (χ1n) is 7.52. The van der Waals surface area contributed by atoms with Crippen molar-refractivity contribution in [2.75, 3.05) is 23.3 Å².